The molecule has 0 aromatic heterocycles. The number of benzene rings is 2. The highest BCUT2D eigenvalue weighted by molar-refractivity contribution is 6.34. The number of aryl methyl sites for hydroxylation is 1. The number of nitro benzene ring substituents is 1. The van der Waals surface area contributed by atoms with Crippen molar-refractivity contribution in [3.63, 3.8) is 0 Å². The van der Waals surface area contributed by atoms with Gasteiger partial charge in [-0.05, 0) is 37.1 Å². The minimum absolute atomic E-state index is 0.0757. The zero-order chi connectivity index (χ0) is 15.6. The lowest BCUT2D eigenvalue weighted by atomic mass is 10.1. The first kappa shape index (κ1) is 15.0. The van der Waals surface area contributed by atoms with Gasteiger partial charge in [0.25, 0.3) is 11.6 Å². The van der Waals surface area contributed by atoms with Crippen LogP contribution in [0.25, 0.3) is 0 Å². The monoisotopic (exact) mass is 304 g/mol. The van der Waals surface area contributed by atoms with E-state index in [2.05, 4.69) is 5.32 Å². The fraction of sp³-hybridized carbons (Fsp3) is 0.133. The molecule has 0 saturated carbocycles. The third-order valence-corrected chi connectivity index (χ3v) is 3.59. The number of hydrogen-bond donors (Lipinski definition) is 1. The Morgan fingerprint density at radius 2 is 1.95 bits per heavy atom. The number of amides is 1. The molecule has 0 unspecified atom stereocenters. The zero-order valence-electron chi connectivity index (χ0n) is 11.5. The molecule has 0 aliphatic carbocycles. The number of rotatable bonds is 3. The zero-order valence-corrected chi connectivity index (χ0v) is 12.3. The van der Waals surface area contributed by atoms with Gasteiger partial charge in [0.15, 0.2) is 0 Å². The Kier molecular flexibility index (Phi) is 4.23. The Morgan fingerprint density at radius 1 is 1.24 bits per heavy atom. The van der Waals surface area contributed by atoms with Crippen LogP contribution < -0.4 is 5.32 Å². The molecule has 0 atom stereocenters. The van der Waals surface area contributed by atoms with Gasteiger partial charge >= 0.3 is 0 Å². The summed E-state index contributed by atoms with van der Waals surface area (Å²) < 4.78 is 0. The maximum absolute atomic E-state index is 12.3. The van der Waals surface area contributed by atoms with E-state index in [4.69, 9.17) is 11.6 Å². The Balaban J connectivity index is 2.34. The van der Waals surface area contributed by atoms with Crippen LogP contribution in [0, 0.1) is 24.0 Å². The van der Waals surface area contributed by atoms with Gasteiger partial charge in [0.2, 0.25) is 0 Å². The van der Waals surface area contributed by atoms with Gasteiger partial charge in [0, 0.05) is 17.8 Å². The van der Waals surface area contributed by atoms with Crippen molar-refractivity contribution in [3.05, 3.63) is 68.2 Å². The van der Waals surface area contributed by atoms with E-state index in [1.165, 1.54) is 18.2 Å². The number of nitro groups is 1. The normalized spacial score (nSPS) is 10.2. The molecule has 0 spiro atoms. The second-order valence-electron chi connectivity index (χ2n) is 4.62. The second-order valence-corrected chi connectivity index (χ2v) is 5.03. The largest absolute Gasteiger partial charge is 0.322 e. The van der Waals surface area contributed by atoms with Gasteiger partial charge in [-0.3, -0.25) is 14.9 Å². The van der Waals surface area contributed by atoms with E-state index in [9.17, 15) is 14.9 Å². The van der Waals surface area contributed by atoms with E-state index in [0.717, 1.165) is 11.1 Å². The number of anilines is 1. The lowest BCUT2D eigenvalue weighted by Crippen LogP contribution is -2.14. The van der Waals surface area contributed by atoms with Crippen molar-refractivity contribution in [2.24, 2.45) is 0 Å². The van der Waals surface area contributed by atoms with Crippen LogP contribution in [0.2, 0.25) is 5.02 Å². The molecule has 0 aliphatic heterocycles. The highest BCUT2D eigenvalue weighted by atomic mass is 35.5. The summed E-state index contributed by atoms with van der Waals surface area (Å²) in [5, 5.41) is 13.7. The quantitative estimate of drug-likeness (QED) is 0.685. The van der Waals surface area contributed by atoms with Gasteiger partial charge in [-0.1, -0.05) is 23.7 Å². The van der Waals surface area contributed by atoms with E-state index in [1.54, 1.807) is 6.07 Å². The summed E-state index contributed by atoms with van der Waals surface area (Å²) >= 11 is 5.95. The smallest absolute Gasteiger partial charge is 0.270 e. The summed E-state index contributed by atoms with van der Waals surface area (Å²) in [6, 6.07) is 9.31. The Labute approximate surface area is 126 Å². The van der Waals surface area contributed by atoms with Crippen molar-refractivity contribution >= 4 is 28.9 Å². The van der Waals surface area contributed by atoms with Crippen LogP contribution in [0.3, 0.4) is 0 Å². The number of nitrogens with zero attached hydrogens (tertiary/aromatic N) is 1. The molecular formula is C15H13ClN2O3. The summed E-state index contributed by atoms with van der Waals surface area (Å²) in [6.45, 7) is 3.82. The molecule has 0 fully saturated rings. The minimum Gasteiger partial charge on any atom is -0.322 e. The fourth-order valence-electron chi connectivity index (χ4n) is 1.88. The molecule has 0 aliphatic rings. The summed E-state index contributed by atoms with van der Waals surface area (Å²) in [6.07, 6.45) is 0. The number of non-ortho nitro benzene ring substituents is 1. The molecule has 21 heavy (non-hydrogen) atoms. The van der Waals surface area contributed by atoms with Crippen molar-refractivity contribution in [2.75, 3.05) is 5.32 Å². The van der Waals surface area contributed by atoms with E-state index < -0.39 is 10.8 Å². The van der Waals surface area contributed by atoms with Crippen molar-refractivity contribution < 1.29 is 9.72 Å². The van der Waals surface area contributed by atoms with Crippen molar-refractivity contribution in [3.8, 4) is 0 Å². The molecule has 5 nitrogen and oxygen atoms in total. The first-order valence-corrected chi connectivity index (χ1v) is 6.59. The standard InChI is InChI=1S/C15H13ClN2O3/c1-9-4-3-5-14(10(9)2)17-15(19)12-8-11(18(20)21)6-7-13(12)16/h3-8H,1-2H3,(H,17,19). The molecule has 0 heterocycles. The van der Waals surface area contributed by atoms with E-state index in [1.807, 2.05) is 26.0 Å². The van der Waals surface area contributed by atoms with Gasteiger partial charge in [-0.25, -0.2) is 0 Å². The predicted molar refractivity (Wildman–Crippen MR) is 82.0 cm³/mol. The van der Waals surface area contributed by atoms with Crippen molar-refractivity contribution in [1.29, 1.82) is 0 Å². The molecule has 2 aromatic carbocycles. The molecular weight excluding hydrogens is 292 g/mol. The molecule has 2 rings (SSSR count). The van der Waals surface area contributed by atoms with Crippen LogP contribution in [-0.2, 0) is 0 Å². The minimum atomic E-state index is -0.564. The molecule has 2 aromatic rings. The topological polar surface area (TPSA) is 72.2 Å². The highest BCUT2D eigenvalue weighted by Crippen LogP contribution is 2.24. The third-order valence-electron chi connectivity index (χ3n) is 3.26. The molecule has 0 radical (unpaired) electrons. The molecule has 0 bridgehead atoms. The molecule has 6 heteroatoms. The summed E-state index contributed by atoms with van der Waals surface area (Å²) in [4.78, 5) is 22.5. The van der Waals surface area contributed by atoms with Gasteiger partial charge in [-0.15, -0.1) is 0 Å². The average Bonchev–Trinajstić information content (AvgIpc) is 2.44. The van der Waals surface area contributed by atoms with E-state index >= 15 is 0 Å². The Hall–Kier alpha value is -2.40. The van der Waals surface area contributed by atoms with Crippen molar-refractivity contribution in [1.82, 2.24) is 0 Å². The van der Waals surface area contributed by atoms with Crippen molar-refractivity contribution in [2.45, 2.75) is 13.8 Å². The number of halogens is 1. The van der Waals surface area contributed by atoms with Crippen LogP contribution in [0.15, 0.2) is 36.4 Å². The fourth-order valence-corrected chi connectivity index (χ4v) is 2.08. The predicted octanol–water partition coefficient (Wildman–Crippen LogP) is 4.12. The number of hydrogen-bond acceptors (Lipinski definition) is 3. The Bertz CT molecular complexity index is 729. The van der Waals surface area contributed by atoms with E-state index in [-0.39, 0.29) is 16.3 Å². The first-order valence-electron chi connectivity index (χ1n) is 6.21. The Morgan fingerprint density at radius 3 is 2.62 bits per heavy atom. The highest BCUT2D eigenvalue weighted by Gasteiger charge is 2.16. The third kappa shape index (κ3) is 3.20. The SMILES string of the molecule is Cc1cccc(NC(=O)c2cc([N+](=O)[O-])ccc2Cl)c1C. The molecule has 0 saturated heterocycles. The average molecular weight is 305 g/mol. The lowest BCUT2D eigenvalue weighted by Gasteiger charge is -2.11. The van der Waals surface area contributed by atoms with Gasteiger partial charge in [0.1, 0.15) is 0 Å². The molecule has 108 valence electrons. The van der Waals surface area contributed by atoms with Crippen LogP contribution in [-0.4, -0.2) is 10.8 Å². The maximum atomic E-state index is 12.3. The number of carbonyl (C=O) groups excluding carboxylic acids is 1. The lowest BCUT2D eigenvalue weighted by molar-refractivity contribution is -0.384. The molecule has 1 N–H and O–H groups in total. The second kappa shape index (κ2) is 5.93. The van der Waals surface area contributed by atoms with Crippen LogP contribution in [0.1, 0.15) is 21.5 Å². The number of nitrogens with one attached hydrogen (secondary N) is 1. The van der Waals surface area contributed by atoms with Crippen LogP contribution >= 0.6 is 11.6 Å². The van der Waals surface area contributed by atoms with Crippen LogP contribution in [0.4, 0.5) is 11.4 Å². The summed E-state index contributed by atoms with van der Waals surface area (Å²) in [5.41, 5.74) is 2.53. The van der Waals surface area contributed by atoms with Gasteiger partial charge in [-0.2, -0.15) is 0 Å². The van der Waals surface area contributed by atoms with E-state index in [0.29, 0.717) is 5.69 Å². The maximum Gasteiger partial charge on any atom is 0.270 e. The van der Waals surface area contributed by atoms with Gasteiger partial charge < -0.3 is 5.32 Å². The first-order chi connectivity index (χ1) is 9.90. The van der Waals surface area contributed by atoms with Crippen LogP contribution in [0.5, 0.6) is 0 Å². The summed E-state index contributed by atoms with van der Waals surface area (Å²) in [5.74, 6) is -0.475. The van der Waals surface area contributed by atoms with Gasteiger partial charge in [0.05, 0.1) is 15.5 Å². The molecule has 1 amide bonds. The summed E-state index contributed by atoms with van der Waals surface area (Å²) in [7, 11) is 0. The number of carbonyl (C=O) groups is 1.